The molecule has 0 aliphatic carbocycles. The van der Waals surface area contributed by atoms with Crippen molar-refractivity contribution in [2.75, 3.05) is 26.7 Å². The van der Waals surface area contributed by atoms with Gasteiger partial charge in [0.15, 0.2) is 0 Å². The maximum Gasteiger partial charge on any atom is 0.0784 e. The van der Waals surface area contributed by atoms with Gasteiger partial charge in [0.25, 0.3) is 0 Å². The summed E-state index contributed by atoms with van der Waals surface area (Å²) in [6.07, 6.45) is 8.63. The van der Waals surface area contributed by atoms with Crippen molar-refractivity contribution < 1.29 is 4.48 Å². The van der Waals surface area contributed by atoms with E-state index in [1.165, 1.54) is 62.6 Å². The van der Waals surface area contributed by atoms with Gasteiger partial charge in [-0.25, -0.2) is 0 Å². The molecule has 1 saturated heterocycles. The summed E-state index contributed by atoms with van der Waals surface area (Å²) >= 11 is 0. The fourth-order valence-corrected chi connectivity index (χ4v) is 2.22. The minimum absolute atomic E-state index is 1.36. The standard InChI is InChI=1S/C11H24N/c1-3-4-9-12(2)10-7-5-6-8-11-12/h3-11H2,1-2H3/q+1. The second-order valence-electron chi connectivity index (χ2n) is 4.56. The van der Waals surface area contributed by atoms with Crippen molar-refractivity contribution in [2.45, 2.75) is 45.4 Å². The fraction of sp³-hybridized carbons (Fsp3) is 1.00. The average molecular weight is 170 g/mol. The zero-order valence-corrected chi connectivity index (χ0v) is 8.81. The van der Waals surface area contributed by atoms with Crippen LogP contribution in [0.4, 0.5) is 0 Å². The molecule has 1 aliphatic rings. The second kappa shape index (κ2) is 4.86. The number of unbranched alkanes of at least 4 members (excludes halogenated alkanes) is 1. The molecule has 0 atom stereocenters. The molecular weight excluding hydrogens is 146 g/mol. The van der Waals surface area contributed by atoms with E-state index in [-0.39, 0.29) is 0 Å². The van der Waals surface area contributed by atoms with Gasteiger partial charge in [-0.05, 0) is 32.1 Å². The lowest BCUT2D eigenvalue weighted by Gasteiger charge is -2.33. The van der Waals surface area contributed by atoms with Gasteiger partial charge in [0.1, 0.15) is 0 Å². The molecule has 1 nitrogen and oxygen atoms in total. The Hall–Kier alpha value is -0.0400. The molecule has 1 heterocycles. The summed E-state index contributed by atoms with van der Waals surface area (Å²) in [6, 6.07) is 0. The maximum atomic E-state index is 2.45. The van der Waals surface area contributed by atoms with E-state index >= 15 is 0 Å². The topological polar surface area (TPSA) is 0 Å². The molecule has 0 saturated carbocycles. The maximum absolute atomic E-state index is 2.45. The van der Waals surface area contributed by atoms with Gasteiger partial charge in [-0.2, -0.15) is 0 Å². The first kappa shape index (κ1) is 10.0. The van der Waals surface area contributed by atoms with Crippen LogP contribution in [0.1, 0.15) is 45.4 Å². The Kier molecular flexibility index (Phi) is 4.07. The quantitative estimate of drug-likeness (QED) is 0.571. The van der Waals surface area contributed by atoms with Crippen LogP contribution in [0.3, 0.4) is 0 Å². The molecule has 0 spiro atoms. The monoisotopic (exact) mass is 170 g/mol. The molecule has 0 radical (unpaired) electrons. The van der Waals surface area contributed by atoms with E-state index in [1.54, 1.807) is 0 Å². The van der Waals surface area contributed by atoms with E-state index in [4.69, 9.17) is 0 Å². The average Bonchev–Trinajstić information content (AvgIpc) is 2.27. The normalized spacial score (nSPS) is 23.5. The molecule has 0 N–H and O–H groups in total. The van der Waals surface area contributed by atoms with Gasteiger partial charge in [0.2, 0.25) is 0 Å². The molecule has 0 aromatic rings. The molecule has 0 aromatic carbocycles. The van der Waals surface area contributed by atoms with E-state index in [0.717, 1.165) is 0 Å². The Morgan fingerprint density at radius 2 is 1.58 bits per heavy atom. The van der Waals surface area contributed by atoms with Gasteiger partial charge in [0.05, 0.1) is 26.7 Å². The van der Waals surface area contributed by atoms with Crippen LogP contribution in [0.2, 0.25) is 0 Å². The van der Waals surface area contributed by atoms with Gasteiger partial charge < -0.3 is 4.48 Å². The summed E-state index contributed by atoms with van der Waals surface area (Å²) in [6.45, 7) is 6.57. The number of nitrogens with zero attached hydrogens (tertiary/aromatic N) is 1. The summed E-state index contributed by atoms with van der Waals surface area (Å²) in [5.74, 6) is 0. The van der Waals surface area contributed by atoms with Gasteiger partial charge in [0, 0.05) is 0 Å². The summed E-state index contributed by atoms with van der Waals surface area (Å²) < 4.78 is 1.36. The van der Waals surface area contributed by atoms with E-state index in [1.807, 2.05) is 0 Å². The SMILES string of the molecule is CCCC[N+]1(C)CCCCCC1. The highest BCUT2D eigenvalue weighted by Crippen LogP contribution is 2.16. The molecule has 0 unspecified atom stereocenters. The van der Waals surface area contributed by atoms with E-state index in [2.05, 4.69) is 14.0 Å². The van der Waals surface area contributed by atoms with E-state index < -0.39 is 0 Å². The second-order valence-corrected chi connectivity index (χ2v) is 4.56. The molecule has 1 heteroatoms. The lowest BCUT2D eigenvalue weighted by atomic mass is 10.2. The molecule has 0 amide bonds. The van der Waals surface area contributed by atoms with Gasteiger partial charge in [-0.3, -0.25) is 0 Å². The summed E-state index contributed by atoms with van der Waals surface area (Å²) in [5.41, 5.74) is 0. The molecule has 0 bridgehead atoms. The molecule has 1 aliphatic heterocycles. The Labute approximate surface area is 77.4 Å². The third-order valence-electron chi connectivity index (χ3n) is 3.20. The summed E-state index contributed by atoms with van der Waals surface area (Å²) in [5, 5.41) is 0. The highest BCUT2D eigenvalue weighted by atomic mass is 15.3. The van der Waals surface area contributed by atoms with E-state index in [9.17, 15) is 0 Å². The first-order valence-corrected chi connectivity index (χ1v) is 5.60. The van der Waals surface area contributed by atoms with E-state index in [0.29, 0.717) is 0 Å². The van der Waals surface area contributed by atoms with Crippen LogP contribution >= 0.6 is 0 Å². The third kappa shape index (κ3) is 3.14. The predicted octanol–water partition coefficient (Wildman–Crippen LogP) is 2.81. The van der Waals surface area contributed by atoms with Gasteiger partial charge in [-0.15, -0.1) is 0 Å². The summed E-state index contributed by atoms with van der Waals surface area (Å²) in [7, 11) is 2.45. The third-order valence-corrected chi connectivity index (χ3v) is 3.20. The van der Waals surface area contributed by atoms with Crippen molar-refractivity contribution in [1.29, 1.82) is 0 Å². The van der Waals surface area contributed by atoms with Crippen LogP contribution in [0.15, 0.2) is 0 Å². The van der Waals surface area contributed by atoms with Crippen molar-refractivity contribution in [3.63, 3.8) is 0 Å². The van der Waals surface area contributed by atoms with Crippen LogP contribution in [0, 0.1) is 0 Å². The lowest BCUT2D eigenvalue weighted by molar-refractivity contribution is -0.909. The Morgan fingerprint density at radius 1 is 1.00 bits per heavy atom. The fourth-order valence-electron chi connectivity index (χ4n) is 2.22. The lowest BCUT2D eigenvalue weighted by Crippen LogP contribution is -2.45. The smallest absolute Gasteiger partial charge is 0.0784 e. The summed E-state index contributed by atoms with van der Waals surface area (Å²) in [4.78, 5) is 0. The van der Waals surface area contributed by atoms with Crippen molar-refractivity contribution in [1.82, 2.24) is 0 Å². The Balaban J connectivity index is 2.32. The number of hydrogen-bond donors (Lipinski definition) is 0. The van der Waals surface area contributed by atoms with Crippen molar-refractivity contribution in [2.24, 2.45) is 0 Å². The first-order valence-electron chi connectivity index (χ1n) is 5.60. The van der Waals surface area contributed by atoms with Gasteiger partial charge in [-0.1, -0.05) is 13.3 Å². The van der Waals surface area contributed by atoms with Crippen LogP contribution in [-0.2, 0) is 0 Å². The first-order chi connectivity index (χ1) is 5.77. The largest absolute Gasteiger partial charge is 0.326 e. The Morgan fingerprint density at radius 3 is 2.08 bits per heavy atom. The van der Waals surface area contributed by atoms with Crippen LogP contribution in [0.25, 0.3) is 0 Å². The highest BCUT2D eigenvalue weighted by Gasteiger charge is 2.21. The zero-order chi connectivity index (χ0) is 8.86. The minimum Gasteiger partial charge on any atom is -0.326 e. The highest BCUT2D eigenvalue weighted by molar-refractivity contribution is 4.51. The van der Waals surface area contributed by atoms with Crippen molar-refractivity contribution >= 4 is 0 Å². The molecular formula is C11H24N+. The van der Waals surface area contributed by atoms with Gasteiger partial charge >= 0.3 is 0 Å². The molecule has 1 rings (SSSR count). The molecule has 12 heavy (non-hydrogen) atoms. The predicted molar refractivity (Wildman–Crippen MR) is 54.2 cm³/mol. The number of quaternary nitrogens is 1. The Bertz CT molecular complexity index is 112. The van der Waals surface area contributed by atoms with Crippen LogP contribution < -0.4 is 0 Å². The van der Waals surface area contributed by atoms with Crippen LogP contribution in [-0.4, -0.2) is 31.2 Å². The molecule has 0 aromatic heterocycles. The molecule has 72 valence electrons. The number of likely N-dealkylation sites (tertiary alicyclic amines) is 1. The minimum atomic E-state index is 1.36. The number of rotatable bonds is 3. The number of hydrogen-bond acceptors (Lipinski definition) is 0. The van der Waals surface area contributed by atoms with Crippen LogP contribution in [0.5, 0.6) is 0 Å². The van der Waals surface area contributed by atoms with Crippen molar-refractivity contribution in [3.8, 4) is 0 Å². The zero-order valence-electron chi connectivity index (χ0n) is 8.81. The van der Waals surface area contributed by atoms with Crippen molar-refractivity contribution in [3.05, 3.63) is 0 Å². The molecule has 1 fully saturated rings.